The number of hydrogen-bond donors (Lipinski definition) is 0. The predicted octanol–water partition coefficient (Wildman–Crippen LogP) is 8.14. The van der Waals surface area contributed by atoms with Crippen LogP contribution in [0.25, 0.3) is 16.8 Å². The maximum absolute atomic E-state index is 15.4. The summed E-state index contributed by atoms with van der Waals surface area (Å²) >= 11 is 1.80. The molecule has 0 spiro atoms. The van der Waals surface area contributed by atoms with Crippen molar-refractivity contribution in [1.29, 1.82) is 0 Å². The van der Waals surface area contributed by atoms with Crippen molar-refractivity contribution in [2.24, 2.45) is 4.99 Å². The van der Waals surface area contributed by atoms with Crippen molar-refractivity contribution in [3.8, 4) is 11.3 Å². The van der Waals surface area contributed by atoms with Gasteiger partial charge in [-0.3, -0.25) is 9.78 Å². The van der Waals surface area contributed by atoms with E-state index in [9.17, 15) is 9.59 Å². The Kier molecular flexibility index (Phi) is 10.9. The average Bonchev–Trinajstić information content (AvgIpc) is 3.44. The van der Waals surface area contributed by atoms with Gasteiger partial charge >= 0.3 is 5.97 Å². The van der Waals surface area contributed by atoms with Crippen LogP contribution in [0, 0.1) is 12.7 Å². The van der Waals surface area contributed by atoms with Gasteiger partial charge in [-0.25, -0.2) is 14.2 Å². The van der Waals surface area contributed by atoms with Gasteiger partial charge in [-0.2, -0.15) is 0 Å². The highest BCUT2D eigenvalue weighted by Gasteiger charge is 2.32. The first-order valence-electron chi connectivity index (χ1n) is 15.4. The highest BCUT2D eigenvalue weighted by molar-refractivity contribution is 7.12. The fourth-order valence-electron chi connectivity index (χ4n) is 5.42. The van der Waals surface area contributed by atoms with Gasteiger partial charge in [-0.1, -0.05) is 39.5 Å². The zero-order chi connectivity index (χ0) is 32.8. The van der Waals surface area contributed by atoms with Crippen LogP contribution in [0.4, 0.5) is 4.39 Å². The summed E-state index contributed by atoms with van der Waals surface area (Å²) in [5.41, 5.74) is 4.67. The number of benzene rings is 1. The molecule has 0 radical (unpaired) electrons. The fraction of sp³-hybridized carbons (Fsp3) is 0.333. The Morgan fingerprint density at radius 2 is 1.93 bits per heavy atom. The number of rotatable bonds is 7. The first-order chi connectivity index (χ1) is 21.6. The summed E-state index contributed by atoms with van der Waals surface area (Å²) in [6.07, 6.45) is 6.50. The highest BCUT2D eigenvalue weighted by Crippen LogP contribution is 2.36. The summed E-state index contributed by atoms with van der Waals surface area (Å²) < 4.78 is 20.4. The number of aryl methyl sites for hydroxylation is 1. The molecule has 3 aromatic rings. The summed E-state index contributed by atoms with van der Waals surface area (Å²) in [6.45, 7) is 17.0. The fourth-order valence-corrected chi connectivity index (χ4v) is 6.53. The first-order valence-corrected chi connectivity index (χ1v) is 16.2. The minimum atomic E-state index is -0.468. The Morgan fingerprint density at radius 3 is 2.58 bits per heavy atom. The Balaban J connectivity index is 0.00000226. The molecule has 0 saturated heterocycles. The van der Waals surface area contributed by atoms with Crippen molar-refractivity contribution in [2.45, 2.75) is 60.4 Å². The van der Waals surface area contributed by atoms with E-state index in [1.54, 1.807) is 48.6 Å². The van der Waals surface area contributed by atoms with E-state index in [0.717, 1.165) is 12.1 Å². The molecule has 45 heavy (non-hydrogen) atoms. The van der Waals surface area contributed by atoms with Gasteiger partial charge in [-0.05, 0) is 81.2 Å². The molecule has 1 amide bonds. The van der Waals surface area contributed by atoms with E-state index in [1.165, 1.54) is 27.6 Å². The van der Waals surface area contributed by atoms with E-state index in [0.29, 0.717) is 52.5 Å². The number of carbonyl (C=O) groups is 2. The topological polar surface area (TPSA) is 75.1 Å². The molecule has 5 rings (SSSR count). The number of amides is 1. The molecule has 0 N–H and O–H groups in total. The molecule has 1 atom stereocenters. The number of halogens is 1. The van der Waals surface area contributed by atoms with Crippen molar-refractivity contribution in [1.82, 2.24) is 14.8 Å². The van der Waals surface area contributed by atoms with Crippen LogP contribution in [-0.2, 0) is 16.0 Å². The standard InChI is InChI=1S/C34H35FN4O3S.C2H6/c1-7-25-18-30(33(40)39-14-13-31-27(22(39)5)16-21(4)43-31)37-32(38(25)6)15-20(3)26-11-9-23(17-28(26)35)29-12-10-24(19-36-29)34(41)42-8-2;1-2/h9-12,15-19,22H,3,7-8,13-14H2,1-2,4-6H3;1-2H3/b32-15-;. The van der Waals surface area contributed by atoms with Crippen LogP contribution >= 0.6 is 11.3 Å². The average molecular weight is 629 g/mol. The van der Waals surface area contributed by atoms with Gasteiger partial charge in [0, 0.05) is 46.4 Å². The van der Waals surface area contributed by atoms with Crippen LogP contribution in [0.5, 0.6) is 0 Å². The number of hydrogen-bond acceptors (Lipinski definition) is 7. The lowest BCUT2D eigenvalue weighted by molar-refractivity contribution is -0.126. The number of carbonyl (C=O) groups excluding carboxylic acids is 2. The third kappa shape index (κ3) is 7.14. The van der Waals surface area contributed by atoms with Crippen molar-refractivity contribution >= 4 is 34.5 Å². The summed E-state index contributed by atoms with van der Waals surface area (Å²) in [5, 5.41) is 0. The number of ether oxygens (including phenoxy) is 1. The zero-order valence-electron chi connectivity index (χ0n) is 27.1. The minimum Gasteiger partial charge on any atom is -0.462 e. The molecular formula is C36H41FN4O3S. The van der Waals surface area contributed by atoms with E-state index in [4.69, 9.17) is 9.73 Å². The van der Waals surface area contributed by atoms with Gasteiger partial charge in [0.2, 0.25) is 0 Å². The van der Waals surface area contributed by atoms with Crippen LogP contribution in [0.2, 0.25) is 0 Å². The summed E-state index contributed by atoms with van der Waals surface area (Å²) in [7, 11) is 1.88. The molecule has 1 unspecified atom stereocenters. The van der Waals surface area contributed by atoms with Crippen molar-refractivity contribution in [3.63, 3.8) is 0 Å². The largest absolute Gasteiger partial charge is 0.462 e. The monoisotopic (exact) mass is 628 g/mol. The van der Waals surface area contributed by atoms with Crippen LogP contribution < -0.4 is 0 Å². The Bertz CT molecular complexity index is 1690. The molecular weight excluding hydrogens is 587 g/mol. The normalized spacial score (nSPS) is 16.7. The number of allylic oxidation sites excluding steroid dienone is 3. The molecule has 0 fully saturated rings. The first kappa shape index (κ1) is 33.5. The molecule has 236 valence electrons. The third-order valence-corrected chi connectivity index (χ3v) is 8.93. The van der Waals surface area contributed by atoms with E-state index in [2.05, 4.69) is 31.5 Å². The lowest BCUT2D eigenvalue weighted by atomic mass is 10.00. The molecule has 0 bridgehead atoms. The second-order valence-electron chi connectivity index (χ2n) is 10.6. The number of aromatic nitrogens is 1. The third-order valence-electron chi connectivity index (χ3n) is 7.81. The zero-order valence-corrected chi connectivity index (χ0v) is 27.9. The van der Waals surface area contributed by atoms with Crippen LogP contribution in [0.3, 0.4) is 0 Å². The lowest BCUT2D eigenvalue weighted by Gasteiger charge is -2.35. The van der Waals surface area contributed by atoms with Gasteiger partial charge in [0.05, 0.1) is 23.9 Å². The molecule has 9 heteroatoms. The summed E-state index contributed by atoms with van der Waals surface area (Å²) in [6, 6.07) is 10.2. The van der Waals surface area contributed by atoms with Gasteiger partial charge in [0.1, 0.15) is 17.3 Å². The van der Waals surface area contributed by atoms with Crippen molar-refractivity contribution in [3.05, 3.63) is 105 Å². The van der Waals surface area contributed by atoms with Crippen LogP contribution in [-0.4, -0.2) is 52.6 Å². The quantitative estimate of drug-likeness (QED) is 0.247. The predicted molar refractivity (Wildman–Crippen MR) is 181 cm³/mol. The molecule has 1 aromatic carbocycles. The number of aliphatic imine (C=N–C) groups is 1. The maximum atomic E-state index is 15.4. The smallest absolute Gasteiger partial charge is 0.339 e. The maximum Gasteiger partial charge on any atom is 0.339 e. The number of thiophene rings is 1. The number of fused-ring (bicyclic) bond motifs is 1. The van der Waals surface area contributed by atoms with Crippen LogP contribution in [0.15, 0.2) is 77.8 Å². The van der Waals surface area contributed by atoms with E-state index >= 15 is 4.39 Å². The van der Waals surface area contributed by atoms with Crippen molar-refractivity contribution in [2.75, 3.05) is 20.2 Å². The minimum absolute atomic E-state index is 0.0344. The molecule has 2 aromatic heterocycles. The van der Waals surface area contributed by atoms with Gasteiger partial charge in [0.15, 0.2) is 0 Å². The highest BCUT2D eigenvalue weighted by atomic mass is 32.1. The van der Waals surface area contributed by atoms with Gasteiger partial charge in [-0.15, -0.1) is 11.3 Å². The van der Waals surface area contributed by atoms with E-state index in [1.807, 2.05) is 43.7 Å². The summed E-state index contributed by atoms with van der Waals surface area (Å²) in [5.74, 6) is -0.519. The van der Waals surface area contributed by atoms with E-state index in [-0.39, 0.29) is 18.6 Å². The molecule has 2 aliphatic rings. The van der Waals surface area contributed by atoms with Gasteiger partial charge < -0.3 is 14.5 Å². The molecule has 0 aliphatic carbocycles. The summed E-state index contributed by atoms with van der Waals surface area (Å²) in [4.78, 5) is 41.1. The Morgan fingerprint density at radius 1 is 1.18 bits per heavy atom. The second-order valence-corrected chi connectivity index (χ2v) is 11.9. The Labute approximate surface area is 269 Å². The Hall–Kier alpha value is -4.37. The molecule has 4 heterocycles. The molecule has 2 aliphatic heterocycles. The molecule has 7 nitrogen and oxygen atoms in total. The van der Waals surface area contributed by atoms with Crippen LogP contribution in [0.1, 0.15) is 78.3 Å². The van der Waals surface area contributed by atoms with E-state index < -0.39 is 11.8 Å². The number of nitrogens with zero attached hydrogens (tertiary/aromatic N) is 4. The number of esters is 1. The molecule has 0 saturated carbocycles. The van der Waals surface area contributed by atoms with Gasteiger partial charge in [0.25, 0.3) is 5.91 Å². The SMILES string of the molecule is C=C(/C=C1/N=C(C(=O)N2CCc3sc(C)cc3C2C)C=C(CC)N1C)c1ccc(-c2ccc(C(=O)OCC)cn2)cc1F.CC. The second kappa shape index (κ2) is 14.6. The van der Waals surface area contributed by atoms with Crippen molar-refractivity contribution < 1.29 is 18.7 Å². The number of pyridine rings is 1. The lowest BCUT2D eigenvalue weighted by Crippen LogP contribution is -2.42.